The molecule has 0 radical (unpaired) electrons. The normalized spacial score (nSPS) is 27.3. The van der Waals surface area contributed by atoms with Crippen molar-refractivity contribution in [3.8, 4) is 0 Å². The molecule has 3 aliphatic rings. The molecule has 3 aliphatic heterocycles. The zero-order valence-corrected chi connectivity index (χ0v) is 15.2. The van der Waals surface area contributed by atoms with Crippen LogP contribution in [0.5, 0.6) is 0 Å². The molecule has 0 atom stereocenters. The second-order valence-electron chi connectivity index (χ2n) is 5.84. The quantitative estimate of drug-likeness (QED) is 0.543. The third kappa shape index (κ3) is 3.75. The van der Waals surface area contributed by atoms with Gasteiger partial charge in [0.05, 0.1) is 26.4 Å². The fourth-order valence-corrected chi connectivity index (χ4v) is 6.14. The van der Waals surface area contributed by atoms with Crippen molar-refractivity contribution in [2.75, 3.05) is 78.8 Å². The molecule has 0 spiro atoms. The fraction of sp³-hybridized carbons (Fsp3) is 1.00. The highest BCUT2D eigenvalue weighted by molar-refractivity contribution is 7.87. The van der Waals surface area contributed by atoms with E-state index >= 15 is 0 Å². The molecule has 12 heteroatoms. The summed E-state index contributed by atoms with van der Waals surface area (Å²) in [4.78, 5) is 0. The summed E-state index contributed by atoms with van der Waals surface area (Å²) in [6.07, 6.45) is 0. The van der Waals surface area contributed by atoms with Gasteiger partial charge in [-0.15, -0.1) is 0 Å². The Labute approximate surface area is 143 Å². The van der Waals surface area contributed by atoms with Crippen molar-refractivity contribution in [3.63, 3.8) is 0 Å². The molecule has 0 saturated carbocycles. The second-order valence-corrected chi connectivity index (χ2v) is 9.69. The van der Waals surface area contributed by atoms with Gasteiger partial charge in [-0.25, -0.2) is 0 Å². The van der Waals surface area contributed by atoms with Crippen molar-refractivity contribution in [1.82, 2.24) is 17.2 Å². The zero-order chi connectivity index (χ0) is 17.2. The Balaban J connectivity index is 1.60. The van der Waals surface area contributed by atoms with Gasteiger partial charge in [-0.3, -0.25) is 0 Å². The van der Waals surface area contributed by atoms with Gasteiger partial charge >= 0.3 is 0 Å². The Hall–Kier alpha value is -0.340. The third-order valence-corrected chi connectivity index (χ3v) is 8.51. The van der Waals surface area contributed by atoms with Gasteiger partial charge in [0.15, 0.2) is 0 Å². The highest BCUT2D eigenvalue weighted by Crippen LogP contribution is 2.18. The second kappa shape index (κ2) is 7.50. The van der Waals surface area contributed by atoms with E-state index in [1.54, 1.807) is 0 Å². The van der Waals surface area contributed by atoms with Crippen LogP contribution in [0.3, 0.4) is 0 Å². The lowest BCUT2D eigenvalue weighted by Crippen LogP contribution is -2.58. The summed E-state index contributed by atoms with van der Waals surface area (Å²) in [5.74, 6) is 0. The van der Waals surface area contributed by atoms with Crippen LogP contribution in [0, 0.1) is 0 Å². The zero-order valence-electron chi connectivity index (χ0n) is 13.5. The molecule has 140 valence electrons. The molecular formula is C12H24N4O6S2. The fourth-order valence-electron chi connectivity index (χ4n) is 3.01. The minimum Gasteiger partial charge on any atom is -0.379 e. The monoisotopic (exact) mass is 384 g/mol. The SMILES string of the molecule is O=S(=O)(N1CCOCC1)N1CCN(S(=O)(=O)N2CCOCC2)CC1. The predicted octanol–water partition coefficient (Wildman–Crippen LogP) is -2.24. The largest absolute Gasteiger partial charge is 0.379 e. The van der Waals surface area contributed by atoms with E-state index in [-0.39, 0.29) is 26.2 Å². The van der Waals surface area contributed by atoms with Crippen LogP contribution >= 0.6 is 0 Å². The number of ether oxygens (including phenoxy) is 2. The van der Waals surface area contributed by atoms with Gasteiger partial charge in [0.2, 0.25) is 0 Å². The average Bonchev–Trinajstić information content (AvgIpc) is 2.63. The van der Waals surface area contributed by atoms with E-state index in [0.29, 0.717) is 52.6 Å². The average molecular weight is 384 g/mol. The van der Waals surface area contributed by atoms with Crippen LogP contribution in [0.25, 0.3) is 0 Å². The summed E-state index contributed by atoms with van der Waals surface area (Å²) in [7, 11) is -7.09. The molecule has 3 heterocycles. The van der Waals surface area contributed by atoms with E-state index in [2.05, 4.69) is 0 Å². The van der Waals surface area contributed by atoms with E-state index in [4.69, 9.17) is 9.47 Å². The first kappa shape index (κ1) is 18.5. The van der Waals surface area contributed by atoms with E-state index in [9.17, 15) is 16.8 Å². The molecule has 0 aromatic carbocycles. The van der Waals surface area contributed by atoms with E-state index < -0.39 is 20.4 Å². The molecule has 0 amide bonds. The van der Waals surface area contributed by atoms with Crippen LogP contribution in [-0.2, 0) is 29.9 Å². The highest BCUT2D eigenvalue weighted by Gasteiger charge is 2.38. The molecule has 0 bridgehead atoms. The molecule has 3 fully saturated rings. The number of hydrogen-bond acceptors (Lipinski definition) is 6. The van der Waals surface area contributed by atoms with Gasteiger partial charge in [0, 0.05) is 52.4 Å². The molecule has 0 aliphatic carbocycles. The first-order valence-corrected chi connectivity index (χ1v) is 10.9. The molecule has 24 heavy (non-hydrogen) atoms. The summed E-state index contributed by atoms with van der Waals surface area (Å²) < 4.78 is 66.3. The Bertz CT molecular complexity index is 564. The number of rotatable bonds is 4. The summed E-state index contributed by atoms with van der Waals surface area (Å²) in [5.41, 5.74) is 0. The molecule has 10 nitrogen and oxygen atoms in total. The lowest BCUT2D eigenvalue weighted by atomic mass is 10.4. The number of piperazine rings is 1. The lowest BCUT2D eigenvalue weighted by Gasteiger charge is -2.39. The van der Waals surface area contributed by atoms with Crippen LogP contribution in [-0.4, -0.2) is 113 Å². The number of nitrogens with zero attached hydrogens (tertiary/aromatic N) is 4. The summed E-state index contributed by atoms with van der Waals surface area (Å²) in [6.45, 7) is 3.62. The summed E-state index contributed by atoms with van der Waals surface area (Å²) in [6, 6.07) is 0. The van der Waals surface area contributed by atoms with Crippen molar-refractivity contribution in [3.05, 3.63) is 0 Å². The summed E-state index contributed by atoms with van der Waals surface area (Å²) >= 11 is 0. The Morgan fingerprint density at radius 1 is 0.458 bits per heavy atom. The van der Waals surface area contributed by atoms with Crippen molar-refractivity contribution in [1.29, 1.82) is 0 Å². The first-order valence-electron chi connectivity index (χ1n) is 8.08. The van der Waals surface area contributed by atoms with Crippen molar-refractivity contribution >= 4 is 20.4 Å². The Kier molecular flexibility index (Phi) is 5.76. The predicted molar refractivity (Wildman–Crippen MR) is 85.8 cm³/mol. The summed E-state index contributed by atoms with van der Waals surface area (Å²) in [5, 5.41) is 0. The van der Waals surface area contributed by atoms with Crippen molar-refractivity contribution < 1.29 is 26.3 Å². The smallest absolute Gasteiger partial charge is 0.282 e. The van der Waals surface area contributed by atoms with Crippen LogP contribution in [0.15, 0.2) is 0 Å². The van der Waals surface area contributed by atoms with E-state index in [1.807, 2.05) is 0 Å². The Morgan fingerprint density at radius 3 is 1.00 bits per heavy atom. The van der Waals surface area contributed by atoms with Crippen LogP contribution in [0.4, 0.5) is 0 Å². The Morgan fingerprint density at radius 2 is 0.708 bits per heavy atom. The maximum absolute atomic E-state index is 12.6. The van der Waals surface area contributed by atoms with E-state index in [0.717, 1.165) is 0 Å². The van der Waals surface area contributed by atoms with Gasteiger partial charge in [-0.2, -0.15) is 34.1 Å². The van der Waals surface area contributed by atoms with E-state index in [1.165, 1.54) is 17.2 Å². The minimum absolute atomic E-state index is 0.170. The molecule has 3 saturated heterocycles. The van der Waals surface area contributed by atoms with Gasteiger partial charge in [-0.1, -0.05) is 0 Å². The van der Waals surface area contributed by atoms with Crippen molar-refractivity contribution in [2.24, 2.45) is 0 Å². The highest BCUT2D eigenvalue weighted by atomic mass is 32.2. The number of hydrogen-bond donors (Lipinski definition) is 0. The molecule has 0 N–H and O–H groups in total. The van der Waals surface area contributed by atoms with Crippen LogP contribution in [0.1, 0.15) is 0 Å². The lowest BCUT2D eigenvalue weighted by molar-refractivity contribution is 0.0672. The maximum Gasteiger partial charge on any atom is 0.282 e. The standard InChI is InChI=1S/C12H24N4O6S2/c17-23(18,15-5-9-21-10-6-15)13-1-2-14(4-3-13)24(19,20)16-7-11-22-12-8-16/h1-12H2. The maximum atomic E-state index is 12.6. The van der Waals surface area contributed by atoms with Crippen LogP contribution < -0.4 is 0 Å². The molecule has 0 aromatic heterocycles. The van der Waals surface area contributed by atoms with Crippen LogP contribution in [0.2, 0.25) is 0 Å². The molecule has 3 rings (SSSR count). The number of morpholine rings is 2. The topological polar surface area (TPSA) is 99.7 Å². The van der Waals surface area contributed by atoms with Gasteiger partial charge < -0.3 is 9.47 Å². The van der Waals surface area contributed by atoms with Gasteiger partial charge in [0.25, 0.3) is 20.4 Å². The van der Waals surface area contributed by atoms with Gasteiger partial charge in [-0.05, 0) is 0 Å². The molecule has 0 unspecified atom stereocenters. The third-order valence-electron chi connectivity index (χ3n) is 4.44. The molecule has 0 aromatic rings. The first-order chi connectivity index (χ1) is 11.4. The molecular weight excluding hydrogens is 360 g/mol. The van der Waals surface area contributed by atoms with Gasteiger partial charge in [0.1, 0.15) is 0 Å². The minimum atomic E-state index is -3.55. The van der Waals surface area contributed by atoms with Crippen molar-refractivity contribution in [2.45, 2.75) is 0 Å².